The van der Waals surface area contributed by atoms with Gasteiger partial charge in [-0.1, -0.05) is 69.8 Å². The number of hydrogen-bond donors (Lipinski definition) is 7. The van der Waals surface area contributed by atoms with Gasteiger partial charge in [-0.05, 0) is 66.7 Å². The number of ether oxygens (including phenoxy) is 1. The van der Waals surface area contributed by atoms with E-state index in [2.05, 4.69) is 120 Å². The van der Waals surface area contributed by atoms with Gasteiger partial charge in [0.05, 0.1) is 6.34 Å². The number of allylic oxidation sites excluding steroid dienone is 2. The summed E-state index contributed by atoms with van der Waals surface area (Å²) in [5.74, 6) is 0.659. The Labute approximate surface area is 287 Å². The average Bonchev–Trinajstić information content (AvgIpc) is 3.09. The van der Waals surface area contributed by atoms with Crippen molar-refractivity contribution < 1.29 is 9.84 Å². The van der Waals surface area contributed by atoms with Gasteiger partial charge < -0.3 is 36.4 Å². The van der Waals surface area contributed by atoms with E-state index in [4.69, 9.17) is 4.74 Å². The molecule has 3 aliphatic heterocycles. The van der Waals surface area contributed by atoms with E-state index in [1.54, 1.807) is 6.34 Å². The molecule has 9 heteroatoms. The van der Waals surface area contributed by atoms with Gasteiger partial charge in [0.15, 0.2) is 0 Å². The van der Waals surface area contributed by atoms with Crippen molar-refractivity contribution in [3.05, 3.63) is 108 Å². The number of benzene rings is 2. The van der Waals surface area contributed by atoms with Crippen molar-refractivity contribution >= 4 is 17.6 Å². The van der Waals surface area contributed by atoms with E-state index >= 15 is 0 Å². The van der Waals surface area contributed by atoms with Crippen LogP contribution in [-0.2, 0) is 4.74 Å². The lowest BCUT2D eigenvalue weighted by Gasteiger charge is -2.33. The summed E-state index contributed by atoms with van der Waals surface area (Å²) in [4.78, 5) is 4.61. The van der Waals surface area contributed by atoms with Crippen LogP contribution in [-0.4, -0.2) is 62.5 Å². The molecule has 9 nitrogen and oxygen atoms in total. The molecule has 0 bridgehead atoms. The predicted octanol–water partition coefficient (Wildman–Crippen LogP) is 5.50. The first kappa shape index (κ1) is 35.4. The molecular weight excluding hydrogens is 598 g/mol. The number of aliphatic hydroxyl groups excluding tert-OH is 1. The minimum Gasteiger partial charge on any atom is -0.388 e. The summed E-state index contributed by atoms with van der Waals surface area (Å²) in [5.41, 5.74) is 7.47. The van der Waals surface area contributed by atoms with Crippen LogP contribution >= 0.6 is 0 Å². The van der Waals surface area contributed by atoms with Crippen LogP contribution in [0.1, 0.15) is 75.8 Å². The number of aliphatic hydroxyl groups is 1. The lowest BCUT2D eigenvalue weighted by atomic mass is 9.87. The quantitative estimate of drug-likeness (QED) is 0.112. The van der Waals surface area contributed by atoms with E-state index in [1.807, 2.05) is 25.3 Å². The van der Waals surface area contributed by atoms with Crippen LogP contribution in [0.2, 0.25) is 0 Å². The first-order valence-electron chi connectivity index (χ1n) is 17.3. The first-order chi connectivity index (χ1) is 23.1. The molecule has 5 rings (SSSR count). The normalized spacial score (nSPS) is 22.1. The van der Waals surface area contributed by atoms with Crippen LogP contribution in [0.5, 0.6) is 0 Å². The summed E-state index contributed by atoms with van der Waals surface area (Å²) in [7, 11) is 1.88. The molecule has 5 atom stereocenters. The molecule has 1 fully saturated rings. The van der Waals surface area contributed by atoms with Crippen molar-refractivity contribution in [2.45, 2.75) is 83.4 Å². The van der Waals surface area contributed by atoms with Crippen molar-refractivity contribution in [2.24, 2.45) is 10.4 Å². The third kappa shape index (κ3) is 8.76. The van der Waals surface area contributed by atoms with Gasteiger partial charge in [0.2, 0.25) is 0 Å². The third-order valence-electron chi connectivity index (χ3n) is 9.55. The van der Waals surface area contributed by atoms with E-state index in [0.29, 0.717) is 6.04 Å². The van der Waals surface area contributed by atoms with E-state index in [0.717, 1.165) is 78.4 Å². The SMILES string of the molecule is C=CC(C1=C(NC)N=CNC1Nc1ccc(C(=C)C(C)NC2C=C(C(C)(C)C)NCC2)cc1)c1ccc(C(O)NC2CCOCC2)cc1. The Balaban J connectivity index is 1.25. The molecule has 258 valence electrons. The van der Waals surface area contributed by atoms with Crippen LogP contribution in [0, 0.1) is 5.41 Å². The summed E-state index contributed by atoms with van der Waals surface area (Å²) in [6.45, 7) is 20.0. The zero-order chi connectivity index (χ0) is 34.3. The number of aliphatic imine (C=N–C) groups is 1. The third-order valence-corrected chi connectivity index (χ3v) is 9.55. The Hall–Kier alpha value is -3.89. The fraction of sp³-hybridized carbons (Fsp3) is 0.462. The minimum atomic E-state index is -0.729. The van der Waals surface area contributed by atoms with E-state index in [9.17, 15) is 5.11 Å². The predicted molar refractivity (Wildman–Crippen MR) is 198 cm³/mol. The monoisotopic (exact) mass is 653 g/mol. The van der Waals surface area contributed by atoms with Crippen molar-refractivity contribution in [1.29, 1.82) is 0 Å². The van der Waals surface area contributed by atoms with Crippen molar-refractivity contribution in [1.82, 2.24) is 26.6 Å². The largest absolute Gasteiger partial charge is 0.388 e. The fourth-order valence-electron chi connectivity index (χ4n) is 6.62. The zero-order valence-corrected chi connectivity index (χ0v) is 29.3. The molecule has 0 spiro atoms. The fourth-order valence-corrected chi connectivity index (χ4v) is 6.62. The molecule has 1 saturated heterocycles. The van der Waals surface area contributed by atoms with Gasteiger partial charge in [-0.15, -0.1) is 6.58 Å². The number of hydrogen-bond acceptors (Lipinski definition) is 9. The molecule has 7 N–H and O–H groups in total. The molecule has 3 aliphatic rings. The number of nitrogens with one attached hydrogen (secondary N) is 6. The molecule has 0 saturated carbocycles. The van der Waals surface area contributed by atoms with Crippen molar-refractivity contribution in [2.75, 3.05) is 32.1 Å². The maximum Gasteiger partial charge on any atom is 0.131 e. The van der Waals surface area contributed by atoms with E-state index < -0.39 is 6.23 Å². The summed E-state index contributed by atoms with van der Waals surface area (Å²) < 4.78 is 5.45. The molecular formula is C39H55N7O2. The van der Waals surface area contributed by atoms with Gasteiger partial charge in [-0.3, -0.25) is 5.32 Å². The summed E-state index contributed by atoms with van der Waals surface area (Å²) in [6.07, 6.45) is 7.90. The Morgan fingerprint density at radius 3 is 2.35 bits per heavy atom. The Bertz CT molecular complexity index is 1480. The smallest absolute Gasteiger partial charge is 0.131 e. The second-order valence-corrected chi connectivity index (χ2v) is 14.0. The molecule has 5 unspecified atom stereocenters. The summed E-state index contributed by atoms with van der Waals surface area (Å²) >= 11 is 0. The molecule has 0 aliphatic carbocycles. The van der Waals surface area contributed by atoms with E-state index in [1.165, 1.54) is 5.70 Å². The summed E-state index contributed by atoms with van der Waals surface area (Å²) in [5, 5.41) is 31.9. The van der Waals surface area contributed by atoms with Gasteiger partial charge in [0.25, 0.3) is 0 Å². The van der Waals surface area contributed by atoms with Crippen LogP contribution in [0.4, 0.5) is 5.69 Å². The van der Waals surface area contributed by atoms with Crippen LogP contribution in [0.15, 0.2) is 95.9 Å². The molecule has 2 aromatic rings. The minimum absolute atomic E-state index is 0.105. The second-order valence-electron chi connectivity index (χ2n) is 14.0. The number of anilines is 1. The molecule has 48 heavy (non-hydrogen) atoms. The van der Waals surface area contributed by atoms with Crippen molar-refractivity contribution in [3.8, 4) is 0 Å². The number of nitrogens with zero attached hydrogens (tertiary/aromatic N) is 1. The molecule has 0 radical (unpaired) electrons. The molecule has 2 aromatic carbocycles. The van der Waals surface area contributed by atoms with Crippen molar-refractivity contribution in [3.63, 3.8) is 0 Å². The highest BCUT2D eigenvalue weighted by atomic mass is 16.5. The Morgan fingerprint density at radius 2 is 1.71 bits per heavy atom. The van der Waals surface area contributed by atoms with Gasteiger partial charge in [-0.25, -0.2) is 4.99 Å². The van der Waals surface area contributed by atoms with Gasteiger partial charge in [0, 0.05) is 73.2 Å². The van der Waals surface area contributed by atoms with Crippen LogP contribution in [0.25, 0.3) is 5.57 Å². The zero-order valence-electron chi connectivity index (χ0n) is 29.3. The lowest BCUT2D eigenvalue weighted by molar-refractivity contribution is 0.0491. The maximum atomic E-state index is 10.8. The molecule has 3 heterocycles. The Kier molecular flexibility index (Phi) is 11.8. The standard InChI is InChI=1S/C39H55N7O2/c1-8-33(28-9-11-29(12-10-28)38(47)46-31-18-21-48-22-19-31)35-36(40-7)42-24-43-37(35)45-30-15-13-27(14-16-30)25(2)26(3)44-32-17-20-41-34(23-32)39(4,5)6/h8-16,23-24,26,31-33,37-38,40-41,44-47H,1-2,17-22H2,3-7H3,(H,42,43). The summed E-state index contributed by atoms with van der Waals surface area (Å²) in [6, 6.07) is 17.2. The van der Waals surface area contributed by atoms with Gasteiger partial charge in [0.1, 0.15) is 18.2 Å². The van der Waals surface area contributed by atoms with Gasteiger partial charge in [-0.2, -0.15) is 0 Å². The average molecular weight is 654 g/mol. The van der Waals surface area contributed by atoms with Gasteiger partial charge >= 0.3 is 0 Å². The second kappa shape index (κ2) is 16.0. The van der Waals surface area contributed by atoms with E-state index in [-0.39, 0.29) is 29.6 Å². The topological polar surface area (TPSA) is 114 Å². The van der Waals surface area contributed by atoms with Crippen LogP contribution in [0.3, 0.4) is 0 Å². The number of rotatable bonds is 13. The first-order valence-corrected chi connectivity index (χ1v) is 17.3. The highest BCUT2D eigenvalue weighted by Crippen LogP contribution is 2.33. The highest BCUT2D eigenvalue weighted by molar-refractivity contribution is 5.69. The lowest BCUT2D eigenvalue weighted by Crippen LogP contribution is -2.43. The van der Waals surface area contributed by atoms with Crippen LogP contribution < -0.4 is 31.9 Å². The molecule has 0 aromatic heterocycles. The maximum absolute atomic E-state index is 10.8. The Morgan fingerprint density at radius 1 is 1.02 bits per heavy atom. The molecule has 0 amide bonds. The highest BCUT2D eigenvalue weighted by Gasteiger charge is 2.29.